The van der Waals surface area contributed by atoms with E-state index in [2.05, 4.69) is 9.97 Å². The number of halogens is 1. The highest BCUT2D eigenvalue weighted by atomic mass is 35.5. The number of nitro benzene ring substituents is 1. The number of para-hydroxylation sites is 1. The minimum absolute atomic E-state index is 0.255. The Morgan fingerprint density at radius 2 is 1.81 bits per heavy atom. The maximum atomic E-state index is 12.1. The third kappa shape index (κ3) is 4.29. The summed E-state index contributed by atoms with van der Waals surface area (Å²) in [4.78, 5) is 41.3. The Labute approximate surface area is 151 Å². The quantitative estimate of drug-likeness (QED) is 0.427. The number of nitrogens with one attached hydrogen (secondary N) is 2. The normalized spacial score (nSPS) is 10.8. The molecule has 2 rings (SSSR count). The van der Waals surface area contributed by atoms with E-state index in [0.29, 0.717) is 0 Å². The fourth-order valence-electron chi connectivity index (χ4n) is 1.75. The number of nitrogens with zero attached hydrogens (tertiary/aromatic N) is 3. The smallest absolute Gasteiger partial charge is 0.267 e. The molecule has 0 radical (unpaired) electrons. The third-order valence-electron chi connectivity index (χ3n) is 2.90. The van der Waals surface area contributed by atoms with Crippen LogP contribution in [0.5, 0.6) is 0 Å². The first-order chi connectivity index (χ1) is 12.1. The fraction of sp³-hybridized carbons (Fsp3) is 0.0769. The van der Waals surface area contributed by atoms with Crippen LogP contribution < -0.4 is 10.9 Å². The lowest BCUT2D eigenvalue weighted by atomic mass is 10.2. The lowest BCUT2D eigenvalue weighted by Gasteiger charge is -2.08. The first-order valence-corrected chi connectivity index (χ1v) is 8.95. The van der Waals surface area contributed by atoms with E-state index in [1.165, 1.54) is 18.2 Å². The van der Waals surface area contributed by atoms with Crippen LogP contribution in [0.15, 0.2) is 35.6 Å². The van der Waals surface area contributed by atoms with E-state index in [1.54, 1.807) is 0 Å². The number of amides is 2. The molecule has 0 saturated carbocycles. The van der Waals surface area contributed by atoms with Crippen LogP contribution in [-0.2, 0) is 9.84 Å². The molecule has 0 saturated heterocycles. The van der Waals surface area contributed by atoms with Crippen LogP contribution in [0, 0.1) is 10.1 Å². The van der Waals surface area contributed by atoms with Crippen molar-refractivity contribution >= 4 is 38.9 Å². The molecule has 0 spiro atoms. The van der Waals surface area contributed by atoms with E-state index >= 15 is 0 Å². The molecule has 2 N–H and O–H groups in total. The number of benzene rings is 1. The van der Waals surface area contributed by atoms with Crippen molar-refractivity contribution in [1.29, 1.82) is 0 Å². The van der Waals surface area contributed by atoms with Crippen molar-refractivity contribution in [2.24, 2.45) is 0 Å². The summed E-state index contributed by atoms with van der Waals surface area (Å²) < 4.78 is 22.9. The van der Waals surface area contributed by atoms with Gasteiger partial charge in [0.2, 0.25) is 15.0 Å². The second-order valence-corrected chi connectivity index (χ2v) is 7.12. The lowest BCUT2D eigenvalue weighted by molar-refractivity contribution is -0.385. The minimum atomic E-state index is -3.79. The van der Waals surface area contributed by atoms with Gasteiger partial charge in [-0.2, -0.15) is 0 Å². The van der Waals surface area contributed by atoms with Gasteiger partial charge < -0.3 is 0 Å². The monoisotopic (exact) mass is 399 g/mol. The van der Waals surface area contributed by atoms with E-state index in [9.17, 15) is 28.1 Å². The molecule has 1 aromatic carbocycles. The fourth-order valence-corrected chi connectivity index (χ4v) is 2.43. The van der Waals surface area contributed by atoms with E-state index in [-0.39, 0.29) is 10.6 Å². The molecule has 0 atom stereocenters. The summed E-state index contributed by atoms with van der Waals surface area (Å²) >= 11 is 5.76. The highest BCUT2D eigenvalue weighted by Gasteiger charge is 2.22. The van der Waals surface area contributed by atoms with Crippen molar-refractivity contribution in [1.82, 2.24) is 20.8 Å². The number of sulfone groups is 1. The van der Waals surface area contributed by atoms with Gasteiger partial charge in [0.05, 0.1) is 16.1 Å². The number of hydrogen-bond acceptors (Lipinski definition) is 8. The van der Waals surface area contributed by atoms with Crippen LogP contribution in [0.4, 0.5) is 5.69 Å². The average Bonchev–Trinajstić information content (AvgIpc) is 2.58. The zero-order chi connectivity index (χ0) is 19.5. The second-order valence-electron chi connectivity index (χ2n) is 4.80. The molecule has 0 aliphatic heterocycles. The van der Waals surface area contributed by atoms with Gasteiger partial charge in [0, 0.05) is 12.3 Å². The Balaban J connectivity index is 2.20. The summed E-state index contributed by atoms with van der Waals surface area (Å²) in [5.41, 5.74) is 2.68. The van der Waals surface area contributed by atoms with Gasteiger partial charge in [-0.15, -0.1) is 0 Å². The van der Waals surface area contributed by atoms with Crippen LogP contribution >= 0.6 is 11.6 Å². The summed E-state index contributed by atoms with van der Waals surface area (Å²) in [6.07, 6.45) is 1.76. The number of carbonyl (C=O) groups excluding carboxylic acids is 2. The predicted octanol–water partition coefficient (Wildman–Crippen LogP) is 0.516. The number of hydrogen-bond donors (Lipinski definition) is 2. The molecule has 1 heterocycles. The molecule has 0 aliphatic carbocycles. The van der Waals surface area contributed by atoms with E-state index in [1.807, 2.05) is 10.9 Å². The highest BCUT2D eigenvalue weighted by Crippen LogP contribution is 2.17. The van der Waals surface area contributed by atoms with Crippen LogP contribution in [0.25, 0.3) is 0 Å². The van der Waals surface area contributed by atoms with Crippen LogP contribution in [0.3, 0.4) is 0 Å². The Morgan fingerprint density at radius 3 is 2.42 bits per heavy atom. The van der Waals surface area contributed by atoms with E-state index in [0.717, 1.165) is 18.5 Å². The molecule has 2 aromatic rings. The second kappa shape index (κ2) is 7.41. The maximum Gasteiger partial charge on any atom is 0.290 e. The SMILES string of the molecule is CS(=O)(=O)c1ncc(Cl)c(C(=O)NNC(=O)c2ccccc2[N+](=O)[O-])n1. The van der Waals surface area contributed by atoms with Gasteiger partial charge in [-0.05, 0) is 6.07 Å². The molecular weight excluding hydrogens is 390 g/mol. The molecule has 11 nitrogen and oxygen atoms in total. The number of aromatic nitrogens is 2. The molecule has 136 valence electrons. The van der Waals surface area contributed by atoms with Crippen molar-refractivity contribution in [3.63, 3.8) is 0 Å². The first-order valence-electron chi connectivity index (χ1n) is 6.68. The third-order valence-corrected chi connectivity index (χ3v) is 4.04. The van der Waals surface area contributed by atoms with Crippen LogP contribution in [-0.4, -0.2) is 41.4 Å². The summed E-state index contributed by atoms with van der Waals surface area (Å²) in [7, 11) is -3.79. The van der Waals surface area contributed by atoms with Gasteiger partial charge in [-0.25, -0.2) is 18.4 Å². The molecule has 13 heteroatoms. The summed E-state index contributed by atoms with van der Waals surface area (Å²) in [6.45, 7) is 0. The summed E-state index contributed by atoms with van der Waals surface area (Å²) in [5.74, 6) is -1.99. The van der Waals surface area contributed by atoms with Gasteiger partial charge in [0.15, 0.2) is 5.69 Å². The van der Waals surface area contributed by atoms with Crippen molar-refractivity contribution < 1.29 is 22.9 Å². The summed E-state index contributed by atoms with van der Waals surface area (Å²) in [5, 5.41) is 10.0. The number of hydrazine groups is 1. The number of carbonyl (C=O) groups is 2. The average molecular weight is 400 g/mol. The standard InChI is InChI=1S/C13H10ClN5O6S/c1-26(24,25)13-15-6-8(14)10(16-13)12(21)18-17-11(20)7-4-2-3-5-9(7)19(22)23/h2-6H,1H3,(H,17,20)(H,18,21). The molecule has 1 aromatic heterocycles. The number of rotatable bonds is 4. The van der Waals surface area contributed by atoms with Crippen LogP contribution in [0.1, 0.15) is 20.8 Å². The zero-order valence-corrected chi connectivity index (χ0v) is 14.5. The van der Waals surface area contributed by atoms with Crippen molar-refractivity contribution in [2.75, 3.05) is 6.26 Å². The molecule has 0 bridgehead atoms. The maximum absolute atomic E-state index is 12.1. The Morgan fingerprint density at radius 1 is 1.19 bits per heavy atom. The topological polar surface area (TPSA) is 161 Å². The minimum Gasteiger partial charge on any atom is -0.267 e. The van der Waals surface area contributed by atoms with E-state index < -0.39 is 43.1 Å². The van der Waals surface area contributed by atoms with Crippen LogP contribution in [0.2, 0.25) is 5.02 Å². The summed E-state index contributed by atoms with van der Waals surface area (Å²) in [6, 6.07) is 5.10. The Hall–Kier alpha value is -3.12. The highest BCUT2D eigenvalue weighted by molar-refractivity contribution is 7.90. The van der Waals surface area contributed by atoms with Gasteiger partial charge >= 0.3 is 0 Å². The lowest BCUT2D eigenvalue weighted by Crippen LogP contribution is -2.42. The number of nitro groups is 1. The molecule has 2 amide bonds. The van der Waals surface area contributed by atoms with Crippen molar-refractivity contribution in [2.45, 2.75) is 5.16 Å². The molecule has 0 aliphatic rings. The molecule has 0 fully saturated rings. The van der Waals surface area contributed by atoms with Crippen molar-refractivity contribution in [3.05, 3.63) is 56.9 Å². The molecule has 0 unspecified atom stereocenters. The van der Waals surface area contributed by atoms with E-state index in [4.69, 9.17) is 11.6 Å². The first kappa shape index (κ1) is 19.2. The van der Waals surface area contributed by atoms with Gasteiger partial charge in [-0.1, -0.05) is 23.7 Å². The largest absolute Gasteiger partial charge is 0.290 e. The molecule has 26 heavy (non-hydrogen) atoms. The zero-order valence-electron chi connectivity index (χ0n) is 13.0. The Kier molecular flexibility index (Phi) is 5.47. The molecular formula is C13H10ClN5O6S. The van der Waals surface area contributed by atoms with Gasteiger partial charge in [0.25, 0.3) is 17.5 Å². The predicted molar refractivity (Wildman–Crippen MR) is 88.2 cm³/mol. The Bertz CT molecular complexity index is 1010. The van der Waals surface area contributed by atoms with Gasteiger partial charge in [0.1, 0.15) is 5.56 Å². The van der Waals surface area contributed by atoms with Crippen molar-refractivity contribution in [3.8, 4) is 0 Å². The van der Waals surface area contributed by atoms with Gasteiger partial charge in [-0.3, -0.25) is 30.6 Å².